The zero-order chi connectivity index (χ0) is 14.6. The van der Waals surface area contributed by atoms with E-state index in [1.807, 2.05) is 33.0 Å². The third-order valence-electron chi connectivity index (χ3n) is 2.77. The van der Waals surface area contributed by atoms with Gasteiger partial charge in [-0.1, -0.05) is 20.8 Å². The molecule has 0 aliphatic carbocycles. The fourth-order valence-corrected chi connectivity index (χ4v) is 1.60. The summed E-state index contributed by atoms with van der Waals surface area (Å²) in [4.78, 5) is 19.9. The molecule has 2 aromatic heterocycles. The monoisotopic (exact) mass is 273 g/mol. The van der Waals surface area contributed by atoms with Gasteiger partial charge in [0.05, 0.1) is 12.7 Å². The Bertz CT molecular complexity index is 571. The summed E-state index contributed by atoms with van der Waals surface area (Å²) in [6, 6.07) is 1.88. The molecule has 2 rings (SSSR count). The molecule has 0 saturated carbocycles. The van der Waals surface area contributed by atoms with Crippen LogP contribution >= 0.6 is 0 Å². The molecule has 106 valence electrons. The first-order valence-electron chi connectivity index (χ1n) is 6.55. The van der Waals surface area contributed by atoms with Crippen LogP contribution in [-0.2, 0) is 11.3 Å². The lowest BCUT2D eigenvalue weighted by molar-refractivity contribution is -0.128. The predicted molar refractivity (Wildman–Crippen MR) is 75.7 cm³/mol. The fourth-order valence-electron chi connectivity index (χ4n) is 1.60. The van der Waals surface area contributed by atoms with Gasteiger partial charge < -0.3 is 5.32 Å². The maximum Gasteiger partial charge on any atom is 0.225 e. The Balaban J connectivity index is 1.90. The summed E-state index contributed by atoms with van der Waals surface area (Å²) in [6.07, 6.45) is 6.81. The van der Waals surface area contributed by atoms with E-state index in [0.29, 0.717) is 13.1 Å². The summed E-state index contributed by atoms with van der Waals surface area (Å²) in [5, 5.41) is 7.29. The first-order chi connectivity index (χ1) is 9.47. The van der Waals surface area contributed by atoms with Crippen molar-refractivity contribution in [3.8, 4) is 11.4 Å². The van der Waals surface area contributed by atoms with E-state index in [4.69, 9.17) is 0 Å². The molecule has 6 nitrogen and oxygen atoms in total. The third kappa shape index (κ3) is 3.63. The number of carbonyl (C=O) groups is 1. The minimum absolute atomic E-state index is 0.0406. The highest BCUT2D eigenvalue weighted by Gasteiger charge is 2.20. The summed E-state index contributed by atoms with van der Waals surface area (Å²) in [5.74, 6) is 0.0406. The Kier molecular flexibility index (Phi) is 4.12. The number of carbonyl (C=O) groups excluding carboxylic acids is 1. The molecule has 2 heterocycles. The second-order valence-corrected chi connectivity index (χ2v) is 5.56. The number of aromatic nitrogens is 4. The molecular formula is C14H19N5O. The van der Waals surface area contributed by atoms with Crippen molar-refractivity contribution in [1.82, 2.24) is 25.1 Å². The van der Waals surface area contributed by atoms with Crippen molar-refractivity contribution < 1.29 is 4.79 Å². The Morgan fingerprint density at radius 2 is 2.10 bits per heavy atom. The zero-order valence-electron chi connectivity index (χ0n) is 12.0. The quantitative estimate of drug-likeness (QED) is 0.916. The van der Waals surface area contributed by atoms with E-state index in [2.05, 4.69) is 20.4 Å². The van der Waals surface area contributed by atoms with Crippen molar-refractivity contribution in [2.24, 2.45) is 5.41 Å². The molecule has 0 atom stereocenters. The van der Waals surface area contributed by atoms with E-state index in [9.17, 15) is 4.79 Å². The minimum atomic E-state index is -0.366. The van der Waals surface area contributed by atoms with Gasteiger partial charge in [0.2, 0.25) is 5.91 Å². The van der Waals surface area contributed by atoms with E-state index in [0.717, 1.165) is 11.4 Å². The molecule has 0 saturated heterocycles. The molecule has 0 unspecified atom stereocenters. The molecule has 6 heteroatoms. The smallest absolute Gasteiger partial charge is 0.225 e. The topological polar surface area (TPSA) is 72.7 Å². The fraction of sp³-hybridized carbons (Fsp3) is 0.429. The second-order valence-electron chi connectivity index (χ2n) is 5.56. The molecule has 0 fully saturated rings. The Labute approximate surface area is 118 Å². The number of hydrogen-bond donors (Lipinski definition) is 1. The van der Waals surface area contributed by atoms with Gasteiger partial charge in [-0.05, 0) is 6.07 Å². The molecule has 0 aliphatic rings. The van der Waals surface area contributed by atoms with E-state index >= 15 is 0 Å². The lowest BCUT2D eigenvalue weighted by Crippen LogP contribution is -2.36. The van der Waals surface area contributed by atoms with Crippen molar-refractivity contribution in [3.05, 3.63) is 30.9 Å². The van der Waals surface area contributed by atoms with Crippen molar-refractivity contribution in [3.63, 3.8) is 0 Å². The van der Waals surface area contributed by atoms with Crippen molar-refractivity contribution in [2.75, 3.05) is 6.54 Å². The molecule has 0 aromatic carbocycles. The molecule has 20 heavy (non-hydrogen) atoms. The second kappa shape index (κ2) is 5.81. The Hall–Kier alpha value is -2.24. The molecule has 0 bridgehead atoms. The Morgan fingerprint density at radius 3 is 2.75 bits per heavy atom. The van der Waals surface area contributed by atoms with Gasteiger partial charge in [-0.3, -0.25) is 19.4 Å². The van der Waals surface area contributed by atoms with Gasteiger partial charge in [0.1, 0.15) is 11.4 Å². The highest BCUT2D eigenvalue weighted by molar-refractivity contribution is 5.81. The van der Waals surface area contributed by atoms with Crippen LogP contribution in [0.2, 0.25) is 0 Å². The van der Waals surface area contributed by atoms with Crippen LogP contribution in [0.1, 0.15) is 20.8 Å². The van der Waals surface area contributed by atoms with Gasteiger partial charge in [-0.15, -0.1) is 0 Å². The van der Waals surface area contributed by atoms with Crippen molar-refractivity contribution in [1.29, 1.82) is 0 Å². The maximum atomic E-state index is 11.7. The van der Waals surface area contributed by atoms with Gasteiger partial charge >= 0.3 is 0 Å². The van der Waals surface area contributed by atoms with Crippen LogP contribution in [-0.4, -0.2) is 32.2 Å². The van der Waals surface area contributed by atoms with Gasteiger partial charge in [0, 0.05) is 30.6 Å². The van der Waals surface area contributed by atoms with Gasteiger partial charge in [-0.2, -0.15) is 5.10 Å². The van der Waals surface area contributed by atoms with Crippen LogP contribution in [0.5, 0.6) is 0 Å². The molecule has 1 N–H and O–H groups in total. The highest BCUT2D eigenvalue weighted by atomic mass is 16.2. The van der Waals surface area contributed by atoms with Crippen LogP contribution in [0.3, 0.4) is 0 Å². The van der Waals surface area contributed by atoms with E-state index in [1.54, 1.807) is 23.3 Å². The number of nitrogens with one attached hydrogen (secondary N) is 1. The molecule has 1 amide bonds. The molecular weight excluding hydrogens is 254 g/mol. The standard InChI is InChI=1S/C14H19N5O/c1-14(2,3)13(20)17-7-9-19-8-4-11(18-19)12-10-15-5-6-16-12/h4-6,8,10H,7,9H2,1-3H3,(H,17,20). The van der Waals surface area contributed by atoms with E-state index < -0.39 is 0 Å². The van der Waals surface area contributed by atoms with Gasteiger partial charge in [-0.25, -0.2) is 0 Å². The van der Waals surface area contributed by atoms with Gasteiger partial charge in [0.15, 0.2) is 0 Å². The van der Waals surface area contributed by atoms with Crippen LogP contribution in [0, 0.1) is 5.41 Å². The summed E-state index contributed by atoms with van der Waals surface area (Å²) < 4.78 is 1.78. The number of hydrogen-bond acceptors (Lipinski definition) is 4. The van der Waals surface area contributed by atoms with Crippen LogP contribution in [0.15, 0.2) is 30.9 Å². The number of rotatable bonds is 4. The molecule has 0 spiro atoms. The van der Waals surface area contributed by atoms with Crippen LogP contribution in [0.4, 0.5) is 0 Å². The summed E-state index contributed by atoms with van der Waals surface area (Å²) in [6.45, 7) is 6.85. The van der Waals surface area contributed by atoms with Crippen LogP contribution < -0.4 is 5.32 Å². The average Bonchev–Trinajstić information content (AvgIpc) is 2.87. The summed E-state index contributed by atoms with van der Waals surface area (Å²) in [5.41, 5.74) is 1.15. The average molecular weight is 273 g/mol. The molecule has 0 aliphatic heterocycles. The third-order valence-corrected chi connectivity index (χ3v) is 2.77. The minimum Gasteiger partial charge on any atom is -0.354 e. The molecule has 2 aromatic rings. The van der Waals surface area contributed by atoms with Crippen LogP contribution in [0.25, 0.3) is 11.4 Å². The van der Waals surface area contributed by atoms with Gasteiger partial charge in [0.25, 0.3) is 0 Å². The SMILES string of the molecule is CC(C)(C)C(=O)NCCn1ccc(-c2cnccn2)n1. The van der Waals surface area contributed by atoms with E-state index in [1.165, 1.54) is 0 Å². The maximum absolute atomic E-state index is 11.7. The normalized spacial score (nSPS) is 11.3. The predicted octanol–water partition coefficient (Wildman–Crippen LogP) is 1.50. The lowest BCUT2D eigenvalue weighted by Gasteiger charge is -2.17. The van der Waals surface area contributed by atoms with Crippen molar-refractivity contribution >= 4 is 5.91 Å². The van der Waals surface area contributed by atoms with E-state index in [-0.39, 0.29) is 11.3 Å². The largest absolute Gasteiger partial charge is 0.354 e. The Morgan fingerprint density at radius 1 is 1.30 bits per heavy atom. The lowest BCUT2D eigenvalue weighted by atomic mass is 9.96. The first kappa shape index (κ1) is 14.2. The summed E-state index contributed by atoms with van der Waals surface area (Å²) >= 11 is 0. The first-order valence-corrected chi connectivity index (χ1v) is 6.55. The van der Waals surface area contributed by atoms with Crippen molar-refractivity contribution in [2.45, 2.75) is 27.3 Å². The number of nitrogens with zero attached hydrogens (tertiary/aromatic N) is 4. The zero-order valence-corrected chi connectivity index (χ0v) is 12.0. The molecule has 0 radical (unpaired) electrons. The summed E-state index contributed by atoms with van der Waals surface area (Å²) in [7, 11) is 0. The number of amides is 1. The highest BCUT2D eigenvalue weighted by Crippen LogP contribution is 2.13.